The number of carbonyl (C=O) groups excluding carboxylic acids is 1. The summed E-state index contributed by atoms with van der Waals surface area (Å²) in [6.45, 7) is 2.93. The monoisotopic (exact) mass is 317 g/mol. The molecule has 3 nitrogen and oxygen atoms in total. The van der Waals surface area contributed by atoms with E-state index in [2.05, 4.69) is 4.74 Å². The molecule has 0 aliphatic carbocycles. The third-order valence-electron chi connectivity index (χ3n) is 3.28. The van der Waals surface area contributed by atoms with E-state index in [-0.39, 0.29) is 25.0 Å². The molecule has 0 spiro atoms. The number of carbonyl (C=O) groups is 1. The summed E-state index contributed by atoms with van der Waals surface area (Å²) in [5.41, 5.74) is 0. The second kappa shape index (κ2) is 7.49. The molecule has 0 bridgehead atoms. The average molecular weight is 317 g/mol. The van der Waals surface area contributed by atoms with Gasteiger partial charge in [-0.05, 0) is 6.92 Å². The van der Waals surface area contributed by atoms with Crippen molar-refractivity contribution in [2.24, 2.45) is 0 Å². The molecule has 0 aromatic rings. The molecule has 1 aliphatic rings. The van der Waals surface area contributed by atoms with Crippen LogP contribution in [0, 0.1) is 0 Å². The van der Waals surface area contributed by atoms with Crippen molar-refractivity contribution in [3.8, 4) is 0 Å². The largest absolute Gasteiger partial charge is 0.374 e. The zero-order valence-electron chi connectivity index (χ0n) is 11.5. The molecule has 0 aromatic carbocycles. The van der Waals surface area contributed by atoms with Gasteiger partial charge in [0.15, 0.2) is 0 Å². The van der Waals surface area contributed by atoms with Gasteiger partial charge in [-0.25, -0.2) is 8.78 Å². The zero-order valence-corrected chi connectivity index (χ0v) is 12.3. The maximum absolute atomic E-state index is 12.6. The van der Waals surface area contributed by atoms with Gasteiger partial charge in [-0.2, -0.15) is 20.5 Å². The minimum absolute atomic E-state index is 0.0684. The highest BCUT2D eigenvalue weighted by Gasteiger charge is 2.41. The summed E-state index contributed by atoms with van der Waals surface area (Å²) in [6.07, 6.45) is -3.82. The number of alkyl halides is 4. The molecule has 1 amide bonds. The van der Waals surface area contributed by atoms with Crippen LogP contribution in [0.2, 0.25) is 0 Å². The fourth-order valence-electron chi connectivity index (χ4n) is 1.86. The summed E-state index contributed by atoms with van der Waals surface area (Å²) in [5, 5.41) is 0.316. The molecule has 0 radical (unpaired) electrons. The first-order valence-electron chi connectivity index (χ1n) is 6.40. The van der Waals surface area contributed by atoms with Gasteiger partial charge in [-0.3, -0.25) is 4.79 Å². The van der Waals surface area contributed by atoms with Crippen LogP contribution in [0.5, 0.6) is 0 Å². The van der Waals surface area contributed by atoms with Crippen LogP contribution in [0.15, 0.2) is 0 Å². The maximum atomic E-state index is 12.6. The zero-order chi connectivity index (χ0) is 15.3. The smallest absolute Gasteiger partial charge is 0.330 e. The molecule has 118 valence electrons. The van der Waals surface area contributed by atoms with Crippen molar-refractivity contribution < 1.29 is 27.1 Å². The van der Waals surface area contributed by atoms with Crippen molar-refractivity contribution in [1.82, 2.24) is 4.90 Å². The van der Waals surface area contributed by atoms with Crippen molar-refractivity contribution in [2.45, 2.75) is 43.9 Å². The number of rotatable bonds is 6. The predicted octanol–water partition coefficient (Wildman–Crippen LogP) is 2.65. The van der Waals surface area contributed by atoms with Crippen LogP contribution >= 0.6 is 11.8 Å². The van der Waals surface area contributed by atoms with E-state index >= 15 is 0 Å². The van der Waals surface area contributed by atoms with Gasteiger partial charge in [-0.15, -0.1) is 0 Å². The van der Waals surface area contributed by atoms with Crippen molar-refractivity contribution in [2.75, 3.05) is 25.5 Å². The van der Waals surface area contributed by atoms with E-state index in [1.54, 1.807) is 16.7 Å². The number of hydrogen-bond acceptors (Lipinski definition) is 3. The highest BCUT2D eigenvalue weighted by atomic mass is 32.2. The molecular weight excluding hydrogens is 298 g/mol. The minimum atomic E-state index is -4.16. The number of nitrogens with zero attached hydrogens (tertiary/aromatic N) is 1. The minimum Gasteiger partial charge on any atom is -0.374 e. The van der Waals surface area contributed by atoms with Crippen LogP contribution in [0.1, 0.15) is 20.3 Å². The maximum Gasteiger partial charge on any atom is 0.330 e. The second-order valence-corrected chi connectivity index (χ2v) is 6.25. The number of thioether (sulfide) groups is 1. The van der Waals surface area contributed by atoms with Gasteiger partial charge in [0.2, 0.25) is 5.91 Å². The predicted molar refractivity (Wildman–Crippen MR) is 69.5 cm³/mol. The summed E-state index contributed by atoms with van der Waals surface area (Å²) >= 11 is 1.77. The van der Waals surface area contributed by atoms with Gasteiger partial charge in [0, 0.05) is 23.6 Å². The molecule has 0 N–H and O–H groups in total. The van der Waals surface area contributed by atoms with Crippen LogP contribution in [0.4, 0.5) is 17.6 Å². The standard InChI is InChI=1S/C12H19F4NO2S/c1-8-9(2)20-6-4-17(8)10(18)3-5-19-7-12(15,16)11(13)14/h8-9,11H,3-7H2,1-2H3/t8-,9+/m0/s1. The van der Waals surface area contributed by atoms with Crippen molar-refractivity contribution >= 4 is 17.7 Å². The van der Waals surface area contributed by atoms with Gasteiger partial charge in [-0.1, -0.05) is 6.92 Å². The fourth-order valence-corrected chi connectivity index (χ4v) is 2.96. The third kappa shape index (κ3) is 4.80. The van der Waals surface area contributed by atoms with E-state index in [4.69, 9.17) is 0 Å². The lowest BCUT2D eigenvalue weighted by molar-refractivity contribution is -0.167. The first-order valence-corrected chi connectivity index (χ1v) is 7.45. The van der Waals surface area contributed by atoms with E-state index in [1.165, 1.54) is 0 Å². The third-order valence-corrected chi connectivity index (χ3v) is 4.62. The summed E-state index contributed by atoms with van der Waals surface area (Å²) < 4.78 is 53.4. The van der Waals surface area contributed by atoms with E-state index in [1.807, 2.05) is 13.8 Å². The lowest BCUT2D eigenvalue weighted by Crippen LogP contribution is -2.48. The number of ether oxygens (including phenoxy) is 1. The molecule has 1 aliphatic heterocycles. The Morgan fingerprint density at radius 2 is 2.10 bits per heavy atom. The molecular formula is C12H19F4NO2S. The Morgan fingerprint density at radius 1 is 1.45 bits per heavy atom. The molecule has 8 heteroatoms. The van der Waals surface area contributed by atoms with E-state index in [9.17, 15) is 22.4 Å². The highest BCUT2D eigenvalue weighted by Crippen LogP contribution is 2.25. The van der Waals surface area contributed by atoms with E-state index < -0.39 is 19.0 Å². The highest BCUT2D eigenvalue weighted by molar-refractivity contribution is 8.00. The van der Waals surface area contributed by atoms with E-state index in [0.29, 0.717) is 11.8 Å². The molecule has 0 saturated carbocycles. The average Bonchev–Trinajstić information content (AvgIpc) is 2.37. The summed E-state index contributed by atoms with van der Waals surface area (Å²) in [5.74, 6) is -3.52. The molecule has 1 saturated heterocycles. The van der Waals surface area contributed by atoms with Crippen molar-refractivity contribution in [3.63, 3.8) is 0 Å². The van der Waals surface area contributed by atoms with Crippen molar-refractivity contribution in [3.05, 3.63) is 0 Å². The molecule has 1 fully saturated rings. The van der Waals surface area contributed by atoms with Crippen LogP contribution in [0.25, 0.3) is 0 Å². The van der Waals surface area contributed by atoms with E-state index in [0.717, 1.165) is 5.75 Å². The summed E-state index contributed by atoms with van der Waals surface area (Å²) in [6, 6.07) is 0.0729. The quantitative estimate of drug-likeness (QED) is 0.557. The Bertz CT molecular complexity index is 331. The van der Waals surface area contributed by atoms with Gasteiger partial charge in [0.05, 0.1) is 13.0 Å². The van der Waals surface area contributed by atoms with Crippen LogP contribution < -0.4 is 0 Å². The lowest BCUT2D eigenvalue weighted by atomic mass is 10.2. The Kier molecular flexibility index (Phi) is 6.57. The number of amides is 1. The summed E-state index contributed by atoms with van der Waals surface area (Å²) in [4.78, 5) is 13.6. The van der Waals surface area contributed by atoms with Gasteiger partial charge >= 0.3 is 12.3 Å². The normalized spacial score (nSPS) is 24.2. The second-order valence-electron chi connectivity index (χ2n) is 4.77. The van der Waals surface area contributed by atoms with Gasteiger partial charge in [0.1, 0.15) is 6.61 Å². The summed E-state index contributed by atoms with van der Waals surface area (Å²) in [7, 11) is 0. The van der Waals surface area contributed by atoms with Gasteiger partial charge in [0.25, 0.3) is 0 Å². The Balaban J connectivity index is 2.30. The molecule has 1 heterocycles. The van der Waals surface area contributed by atoms with Crippen LogP contribution in [0.3, 0.4) is 0 Å². The molecule has 0 aromatic heterocycles. The molecule has 0 unspecified atom stereocenters. The molecule has 2 atom stereocenters. The van der Waals surface area contributed by atoms with Crippen LogP contribution in [-0.2, 0) is 9.53 Å². The van der Waals surface area contributed by atoms with Crippen molar-refractivity contribution in [1.29, 1.82) is 0 Å². The molecule has 1 rings (SSSR count). The van der Waals surface area contributed by atoms with Gasteiger partial charge < -0.3 is 9.64 Å². The Hall–Kier alpha value is -0.500. The lowest BCUT2D eigenvalue weighted by Gasteiger charge is -2.37. The first-order chi connectivity index (χ1) is 9.25. The Morgan fingerprint density at radius 3 is 2.70 bits per heavy atom. The Labute approximate surface area is 120 Å². The topological polar surface area (TPSA) is 29.5 Å². The number of hydrogen-bond donors (Lipinski definition) is 0. The SMILES string of the molecule is C[C@H]1SCCN(C(=O)CCOCC(F)(F)C(F)F)[C@H]1C. The fraction of sp³-hybridized carbons (Fsp3) is 0.917. The molecule has 20 heavy (non-hydrogen) atoms. The van der Waals surface area contributed by atoms with Crippen LogP contribution in [-0.4, -0.2) is 60.0 Å². The number of halogens is 4. The first kappa shape index (κ1) is 17.6.